The maximum Gasteiger partial charge on any atom is 0.223 e. The minimum atomic E-state index is 0.0329. The van der Waals surface area contributed by atoms with Gasteiger partial charge in [-0.15, -0.1) is 0 Å². The average Bonchev–Trinajstić information content (AvgIpc) is 3.23. The molecule has 98 valence electrons. The molecule has 1 heterocycles. The summed E-state index contributed by atoms with van der Waals surface area (Å²) in [6, 6.07) is 9.04. The normalized spacial score (nSPS) is 14.4. The van der Waals surface area contributed by atoms with Crippen LogP contribution in [-0.4, -0.2) is 15.1 Å². The third kappa shape index (κ3) is 3.11. The van der Waals surface area contributed by atoms with Crippen LogP contribution in [0.25, 0.3) is 0 Å². The zero-order valence-electron chi connectivity index (χ0n) is 10.2. The number of aromatic nitrogens is 2. The minimum absolute atomic E-state index is 0.0329. The maximum atomic E-state index is 8.99. The molecule has 0 spiro atoms. The lowest BCUT2D eigenvalue weighted by Crippen LogP contribution is -1.96. The summed E-state index contributed by atoms with van der Waals surface area (Å²) >= 11 is 3.38. The van der Waals surface area contributed by atoms with E-state index in [1.165, 1.54) is 0 Å². The largest absolute Gasteiger partial charge is 0.439 e. The summed E-state index contributed by atoms with van der Waals surface area (Å²) in [6.07, 6.45) is 2.31. The van der Waals surface area contributed by atoms with Crippen LogP contribution in [0.15, 0.2) is 34.9 Å². The summed E-state index contributed by atoms with van der Waals surface area (Å²) in [5.74, 6) is 2.57. The number of ether oxygens (including phenoxy) is 1. The molecule has 0 atom stereocenters. The van der Waals surface area contributed by atoms with Gasteiger partial charge in [0.25, 0.3) is 0 Å². The van der Waals surface area contributed by atoms with E-state index in [1.54, 1.807) is 6.07 Å². The van der Waals surface area contributed by atoms with E-state index in [2.05, 4.69) is 25.9 Å². The number of nitrogens with zero attached hydrogens (tertiary/aromatic N) is 2. The Balaban J connectivity index is 1.81. The lowest BCUT2D eigenvalue weighted by atomic mass is 10.2. The molecule has 5 heteroatoms. The van der Waals surface area contributed by atoms with Crippen molar-refractivity contribution < 1.29 is 9.84 Å². The molecule has 1 aliphatic carbocycles. The molecule has 1 aromatic carbocycles. The van der Waals surface area contributed by atoms with E-state index in [0.29, 0.717) is 17.5 Å². The molecule has 0 amide bonds. The molecule has 0 unspecified atom stereocenters. The highest BCUT2D eigenvalue weighted by Crippen LogP contribution is 2.39. The van der Waals surface area contributed by atoms with Crippen molar-refractivity contribution in [2.75, 3.05) is 0 Å². The first-order chi connectivity index (χ1) is 9.24. The second kappa shape index (κ2) is 5.27. The van der Waals surface area contributed by atoms with E-state index >= 15 is 0 Å². The first-order valence-electron chi connectivity index (χ1n) is 6.17. The van der Waals surface area contributed by atoms with Crippen molar-refractivity contribution in [2.24, 2.45) is 0 Å². The van der Waals surface area contributed by atoms with E-state index in [-0.39, 0.29) is 6.61 Å². The molecular formula is C14H13BrN2O2. The van der Waals surface area contributed by atoms with Crippen LogP contribution in [-0.2, 0) is 6.61 Å². The summed E-state index contributed by atoms with van der Waals surface area (Å²) in [5, 5.41) is 8.99. The molecule has 1 saturated carbocycles. The SMILES string of the molecule is OCc1ccc(Oc2cc(Br)nc(C3CC3)n2)cc1. The molecule has 1 aromatic heterocycles. The van der Waals surface area contributed by atoms with Gasteiger partial charge in [0.1, 0.15) is 16.2 Å². The molecule has 0 radical (unpaired) electrons. The average molecular weight is 321 g/mol. The third-order valence-electron chi connectivity index (χ3n) is 2.96. The first-order valence-corrected chi connectivity index (χ1v) is 6.96. The zero-order valence-corrected chi connectivity index (χ0v) is 11.8. The molecule has 1 fully saturated rings. The van der Waals surface area contributed by atoms with E-state index in [4.69, 9.17) is 9.84 Å². The summed E-state index contributed by atoms with van der Waals surface area (Å²) in [4.78, 5) is 8.78. The smallest absolute Gasteiger partial charge is 0.223 e. The number of halogens is 1. The van der Waals surface area contributed by atoms with Crippen molar-refractivity contribution in [3.63, 3.8) is 0 Å². The number of hydrogen-bond acceptors (Lipinski definition) is 4. The number of hydrogen-bond donors (Lipinski definition) is 1. The van der Waals surface area contributed by atoms with Crippen LogP contribution in [0.2, 0.25) is 0 Å². The molecule has 19 heavy (non-hydrogen) atoms. The Bertz CT molecular complexity index is 582. The summed E-state index contributed by atoms with van der Waals surface area (Å²) in [5.41, 5.74) is 0.856. The van der Waals surface area contributed by atoms with Gasteiger partial charge in [0, 0.05) is 12.0 Å². The Morgan fingerprint density at radius 2 is 1.95 bits per heavy atom. The summed E-state index contributed by atoms with van der Waals surface area (Å²) < 4.78 is 6.46. The van der Waals surface area contributed by atoms with Crippen LogP contribution in [0.4, 0.5) is 0 Å². The van der Waals surface area contributed by atoms with Gasteiger partial charge in [-0.2, -0.15) is 4.98 Å². The maximum absolute atomic E-state index is 8.99. The number of aliphatic hydroxyl groups excluding tert-OH is 1. The number of aliphatic hydroxyl groups is 1. The Labute approximate surface area is 119 Å². The van der Waals surface area contributed by atoms with Crippen LogP contribution in [0, 0.1) is 0 Å². The highest BCUT2D eigenvalue weighted by Gasteiger charge is 2.27. The first kappa shape index (κ1) is 12.6. The van der Waals surface area contributed by atoms with Gasteiger partial charge in [0.2, 0.25) is 5.88 Å². The van der Waals surface area contributed by atoms with Gasteiger partial charge >= 0.3 is 0 Å². The fraction of sp³-hybridized carbons (Fsp3) is 0.286. The van der Waals surface area contributed by atoms with Crippen LogP contribution in [0.5, 0.6) is 11.6 Å². The van der Waals surface area contributed by atoms with Crippen LogP contribution >= 0.6 is 15.9 Å². The molecule has 4 nitrogen and oxygen atoms in total. The van der Waals surface area contributed by atoms with E-state index in [0.717, 1.165) is 28.8 Å². The highest BCUT2D eigenvalue weighted by atomic mass is 79.9. The van der Waals surface area contributed by atoms with Crippen molar-refractivity contribution in [3.05, 3.63) is 46.3 Å². The Morgan fingerprint density at radius 1 is 1.21 bits per heavy atom. The predicted molar refractivity (Wildman–Crippen MR) is 74.1 cm³/mol. The van der Waals surface area contributed by atoms with Gasteiger partial charge in [-0.25, -0.2) is 4.98 Å². The predicted octanol–water partition coefficient (Wildman–Crippen LogP) is 3.40. The number of benzene rings is 1. The van der Waals surface area contributed by atoms with Gasteiger partial charge in [-0.1, -0.05) is 12.1 Å². The Kier molecular flexibility index (Phi) is 3.48. The highest BCUT2D eigenvalue weighted by molar-refractivity contribution is 9.10. The Morgan fingerprint density at radius 3 is 2.58 bits per heavy atom. The van der Waals surface area contributed by atoms with E-state index in [1.807, 2.05) is 24.3 Å². The van der Waals surface area contributed by atoms with E-state index in [9.17, 15) is 0 Å². The summed E-state index contributed by atoms with van der Waals surface area (Å²) in [7, 11) is 0. The van der Waals surface area contributed by atoms with Crippen molar-refractivity contribution in [3.8, 4) is 11.6 Å². The molecule has 3 rings (SSSR count). The van der Waals surface area contributed by atoms with Gasteiger partial charge in [-0.05, 0) is 46.5 Å². The van der Waals surface area contributed by atoms with Gasteiger partial charge in [0.15, 0.2) is 0 Å². The Hall–Kier alpha value is -1.46. The lowest BCUT2D eigenvalue weighted by Gasteiger charge is -2.07. The monoisotopic (exact) mass is 320 g/mol. The fourth-order valence-corrected chi connectivity index (χ4v) is 2.15. The van der Waals surface area contributed by atoms with Gasteiger partial charge in [-0.3, -0.25) is 0 Å². The molecule has 1 N–H and O–H groups in total. The van der Waals surface area contributed by atoms with Crippen LogP contribution in [0.1, 0.15) is 30.1 Å². The summed E-state index contributed by atoms with van der Waals surface area (Å²) in [6.45, 7) is 0.0329. The topological polar surface area (TPSA) is 55.2 Å². The van der Waals surface area contributed by atoms with Gasteiger partial charge < -0.3 is 9.84 Å². The quantitative estimate of drug-likeness (QED) is 0.877. The van der Waals surface area contributed by atoms with Crippen LogP contribution in [0.3, 0.4) is 0 Å². The molecular weight excluding hydrogens is 308 g/mol. The molecule has 2 aromatic rings. The third-order valence-corrected chi connectivity index (χ3v) is 3.37. The van der Waals surface area contributed by atoms with Crippen molar-refractivity contribution in [2.45, 2.75) is 25.4 Å². The zero-order chi connectivity index (χ0) is 13.2. The minimum Gasteiger partial charge on any atom is -0.439 e. The lowest BCUT2D eigenvalue weighted by molar-refractivity contribution is 0.281. The van der Waals surface area contributed by atoms with Crippen LogP contribution < -0.4 is 4.74 Å². The number of rotatable bonds is 4. The van der Waals surface area contributed by atoms with Crippen molar-refractivity contribution in [1.29, 1.82) is 0 Å². The molecule has 1 aliphatic rings. The van der Waals surface area contributed by atoms with Crippen molar-refractivity contribution >= 4 is 15.9 Å². The molecule has 0 bridgehead atoms. The fourth-order valence-electron chi connectivity index (χ4n) is 1.77. The standard InChI is InChI=1S/C14H13BrN2O2/c15-12-7-13(17-14(16-12)10-3-4-10)19-11-5-1-9(8-18)2-6-11/h1-2,5-7,10,18H,3-4,8H2. The van der Waals surface area contributed by atoms with Gasteiger partial charge in [0.05, 0.1) is 6.61 Å². The second-order valence-electron chi connectivity index (χ2n) is 4.57. The molecule has 0 saturated heterocycles. The second-order valence-corrected chi connectivity index (χ2v) is 5.38. The van der Waals surface area contributed by atoms with E-state index < -0.39 is 0 Å². The molecule has 0 aliphatic heterocycles. The van der Waals surface area contributed by atoms with Crippen molar-refractivity contribution in [1.82, 2.24) is 9.97 Å².